The van der Waals surface area contributed by atoms with Gasteiger partial charge >= 0.3 is 0 Å². The SMILES string of the molecule is COc1ccc(C2CC(c3ccccc3)=NN2C(=O)c2cc(OC)c(OC)c(OC)c2)cc1. The Morgan fingerprint density at radius 3 is 2.03 bits per heavy atom. The first-order chi connectivity index (χ1) is 16.1. The summed E-state index contributed by atoms with van der Waals surface area (Å²) >= 11 is 0. The molecule has 0 saturated carbocycles. The van der Waals surface area contributed by atoms with Gasteiger partial charge in [0.05, 0.1) is 40.2 Å². The summed E-state index contributed by atoms with van der Waals surface area (Å²) in [5, 5.41) is 6.28. The van der Waals surface area contributed by atoms with E-state index in [1.54, 1.807) is 19.2 Å². The molecule has 4 rings (SSSR count). The first-order valence-corrected chi connectivity index (χ1v) is 10.5. The van der Waals surface area contributed by atoms with Crippen LogP contribution in [0.15, 0.2) is 71.8 Å². The molecule has 0 fully saturated rings. The third kappa shape index (κ3) is 4.35. The van der Waals surface area contributed by atoms with Gasteiger partial charge in [-0.1, -0.05) is 42.5 Å². The Hall–Kier alpha value is -4.00. The molecule has 0 radical (unpaired) electrons. The largest absolute Gasteiger partial charge is 0.497 e. The number of carbonyl (C=O) groups is 1. The van der Waals surface area contributed by atoms with Crippen LogP contribution < -0.4 is 18.9 Å². The lowest BCUT2D eigenvalue weighted by molar-refractivity contribution is 0.0710. The lowest BCUT2D eigenvalue weighted by atomic mass is 9.98. The molecule has 0 saturated heterocycles. The van der Waals surface area contributed by atoms with E-state index < -0.39 is 0 Å². The Bertz CT molecular complexity index is 1130. The summed E-state index contributed by atoms with van der Waals surface area (Å²) in [6.07, 6.45) is 0.590. The molecule has 0 spiro atoms. The second kappa shape index (κ2) is 9.65. The van der Waals surface area contributed by atoms with Gasteiger partial charge in [-0.25, -0.2) is 5.01 Å². The molecule has 0 bridgehead atoms. The smallest absolute Gasteiger partial charge is 0.274 e. The van der Waals surface area contributed by atoms with Crippen molar-refractivity contribution in [3.8, 4) is 23.0 Å². The fourth-order valence-electron chi connectivity index (χ4n) is 3.93. The molecular weight excluding hydrogens is 420 g/mol. The molecule has 1 aliphatic heterocycles. The van der Waals surface area contributed by atoms with Crippen molar-refractivity contribution in [2.24, 2.45) is 5.10 Å². The highest BCUT2D eigenvalue weighted by Gasteiger charge is 2.34. The highest BCUT2D eigenvalue weighted by atomic mass is 16.5. The molecule has 33 heavy (non-hydrogen) atoms. The molecule has 1 heterocycles. The van der Waals surface area contributed by atoms with E-state index in [2.05, 4.69) is 0 Å². The summed E-state index contributed by atoms with van der Waals surface area (Å²) < 4.78 is 21.5. The number of hydrogen-bond acceptors (Lipinski definition) is 6. The number of nitrogens with zero attached hydrogens (tertiary/aromatic N) is 2. The van der Waals surface area contributed by atoms with Crippen molar-refractivity contribution in [2.75, 3.05) is 28.4 Å². The lowest BCUT2D eigenvalue weighted by Crippen LogP contribution is -2.27. The maximum absolute atomic E-state index is 13.7. The first kappa shape index (κ1) is 22.2. The van der Waals surface area contributed by atoms with Gasteiger partial charge in [0.2, 0.25) is 5.75 Å². The molecule has 3 aromatic carbocycles. The monoisotopic (exact) mass is 446 g/mol. The Morgan fingerprint density at radius 1 is 0.848 bits per heavy atom. The molecule has 1 aliphatic rings. The van der Waals surface area contributed by atoms with Gasteiger partial charge in [0.25, 0.3) is 5.91 Å². The Kier molecular flexibility index (Phi) is 6.49. The number of rotatable bonds is 7. The topological polar surface area (TPSA) is 69.6 Å². The van der Waals surface area contributed by atoms with E-state index >= 15 is 0 Å². The van der Waals surface area contributed by atoms with Crippen LogP contribution >= 0.6 is 0 Å². The van der Waals surface area contributed by atoms with Gasteiger partial charge < -0.3 is 18.9 Å². The van der Waals surface area contributed by atoms with Crippen LogP contribution in [0.5, 0.6) is 23.0 Å². The van der Waals surface area contributed by atoms with Crippen molar-refractivity contribution in [3.05, 3.63) is 83.4 Å². The van der Waals surface area contributed by atoms with Crippen LogP contribution in [0, 0.1) is 0 Å². The summed E-state index contributed by atoms with van der Waals surface area (Å²) in [4.78, 5) is 13.7. The summed E-state index contributed by atoms with van der Waals surface area (Å²) in [6.45, 7) is 0. The van der Waals surface area contributed by atoms with Crippen LogP contribution in [0.2, 0.25) is 0 Å². The first-order valence-electron chi connectivity index (χ1n) is 10.5. The summed E-state index contributed by atoms with van der Waals surface area (Å²) in [5.41, 5.74) is 3.18. The number of amides is 1. The second-order valence-electron chi connectivity index (χ2n) is 7.47. The predicted octanol–water partition coefficient (Wildman–Crippen LogP) is 4.71. The van der Waals surface area contributed by atoms with Gasteiger partial charge in [0.15, 0.2) is 11.5 Å². The minimum Gasteiger partial charge on any atom is -0.497 e. The molecule has 0 aromatic heterocycles. The standard InChI is InChI=1S/C26H26N2O5/c1-30-20-12-10-18(11-13-20)22-16-21(17-8-6-5-7-9-17)27-28(22)26(29)19-14-23(31-2)25(33-4)24(15-19)32-3/h5-15,22H,16H2,1-4H3. The van der Waals surface area contributed by atoms with Crippen LogP contribution in [-0.2, 0) is 0 Å². The van der Waals surface area contributed by atoms with Crippen LogP contribution in [0.25, 0.3) is 0 Å². The Labute approximate surface area is 193 Å². The van der Waals surface area contributed by atoms with E-state index in [4.69, 9.17) is 24.0 Å². The molecule has 3 aromatic rings. The third-order valence-electron chi connectivity index (χ3n) is 5.64. The molecule has 7 nitrogen and oxygen atoms in total. The van der Waals surface area contributed by atoms with Crippen LogP contribution in [0.1, 0.15) is 33.9 Å². The number of benzene rings is 3. The zero-order chi connectivity index (χ0) is 23.4. The highest BCUT2D eigenvalue weighted by Crippen LogP contribution is 2.40. The van der Waals surface area contributed by atoms with Gasteiger partial charge in [-0.2, -0.15) is 5.10 Å². The van der Waals surface area contributed by atoms with Crippen molar-refractivity contribution in [2.45, 2.75) is 12.5 Å². The molecule has 7 heteroatoms. The molecular formula is C26H26N2O5. The fraction of sp³-hybridized carbons (Fsp3) is 0.231. The number of hydrogen-bond donors (Lipinski definition) is 0. The normalized spacial score (nSPS) is 15.1. The molecule has 0 N–H and O–H groups in total. The summed E-state index contributed by atoms with van der Waals surface area (Å²) in [6, 6.07) is 20.6. The lowest BCUT2D eigenvalue weighted by Gasteiger charge is -2.23. The molecule has 0 aliphatic carbocycles. The van der Waals surface area contributed by atoms with Crippen molar-refractivity contribution < 1.29 is 23.7 Å². The van der Waals surface area contributed by atoms with Gasteiger partial charge in [0.1, 0.15) is 5.75 Å². The van der Waals surface area contributed by atoms with Gasteiger partial charge in [-0.3, -0.25) is 4.79 Å². The maximum Gasteiger partial charge on any atom is 0.274 e. The minimum atomic E-state index is -0.266. The van der Waals surface area contributed by atoms with Gasteiger partial charge in [-0.05, 0) is 35.4 Å². The van der Waals surface area contributed by atoms with E-state index in [0.717, 1.165) is 22.6 Å². The van der Waals surface area contributed by atoms with Crippen molar-refractivity contribution in [1.29, 1.82) is 0 Å². The number of carbonyl (C=O) groups excluding carboxylic acids is 1. The quantitative estimate of drug-likeness (QED) is 0.526. The van der Waals surface area contributed by atoms with E-state index in [1.165, 1.54) is 26.3 Å². The van der Waals surface area contributed by atoms with E-state index in [1.807, 2.05) is 54.6 Å². The average Bonchev–Trinajstić information content (AvgIpc) is 3.33. The van der Waals surface area contributed by atoms with E-state index in [9.17, 15) is 4.79 Å². The Morgan fingerprint density at radius 2 is 1.48 bits per heavy atom. The summed E-state index contributed by atoms with van der Waals surface area (Å²) in [7, 11) is 6.19. The number of methoxy groups -OCH3 is 4. The van der Waals surface area contributed by atoms with Crippen molar-refractivity contribution in [3.63, 3.8) is 0 Å². The highest BCUT2D eigenvalue weighted by molar-refractivity contribution is 6.05. The predicted molar refractivity (Wildman–Crippen MR) is 126 cm³/mol. The molecule has 170 valence electrons. The van der Waals surface area contributed by atoms with Crippen LogP contribution in [-0.4, -0.2) is 45.1 Å². The van der Waals surface area contributed by atoms with Crippen LogP contribution in [0.4, 0.5) is 0 Å². The average molecular weight is 447 g/mol. The van der Waals surface area contributed by atoms with E-state index in [0.29, 0.717) is 29.2 Å². The zero-order valence-electron chi connectivity index (χ0n) is 19.1. The minimum absolute atomic E-state index is 0.263. The van der Waals surface area contributed by atoms with Gasteiger partial charge in [0, 0.05) is 12.0 Å². The number of hydrazone groups is 1. The third-order valence-corrected chi connectivity index (χ3v) is 5.64. The fourth-order valence-corrected chi connectivity index (χ4v) is 3.93. The zero-order valence-corrected chi connectivity index (χ0v) is 19.1. The molecule has 1 amide bonds. The maximum atomic E-state index is 13.7. The number of ether oxygens (including phenoxy) is 4. The van der Waals surface area contributed by atoms with Crippen molar-refractivity contribution in [1.82, 2.24) is 5.01 Å². The molecule has 1 unspecified atom stereocenters. The van der Waals surface area contributed by atoms with Crippen LogP contribution in [0.3, 0.4) is 0 Å². The Balaban J connectivity index is 1.76. The van der Waals surface area contributed by atoms with E-state index in [-0.39, 0.29) is 11.9 Å². The molecule has 1 atom stereocenters. The van der Waals surface area contributed by atoms with Crippen molar-refractivity contribution >= 4 is 11.6 Å². The summed E-state index contributed by atoms with van der Waals surface area (Å²) in [5.74, 6) is 1.74. The second-order valence-corrected chi connectivity index (χ2v) is 7.47. The van der Waals surface area contributed by atoms with Gasteiger partial charge in [-0.15, -0.1) is 0 Å².